The Hall–Kier alpha value is -1.83. The van der Waals surface area contributed by atoms with Crippen molar-refractivity contribution < 1.29 is 33.3 Å². The highest BCUT2D eigenvalue weighted by Gasteiger charge is 2.77. The molecule has 0 radical (unpaired) electrons. The Bertz CT molecular complexity index is 521. The molecule has 0 aromatic rings. The summed E-state index contributed by atoms with van der Waals surface area (Å²) in [7, 11) is 2.53. The summed E-state index contributed by atoms with van der Waals surface area (Å²) in [5.41, 5.74) is -0.614. The molecular formula is C15H21NO7. The summed E-state index contributed by atoms with van der Waals surface area (Å²) in [5, 5.41) is 0. The molecule has 3 heterocycles. The molecule has 0 aromatic carbocycles. The van der Waals surface area contributed by atoms with Crippen LogP contribution in [-0.2, 0) is 28.5 Å². The minimum atomic E-state index is -0.758. The van der Waals surface area contributed by atoms with Crippen LogP contribution in [0.25, 0.3) is 0 Å². The number of likely N-dealkylation sites (tertiary alicyclic amines) is 1. The molecule has 128 valence electrons. The first-order valence-corrected chi connectivity index (χ1v) is 7.53. The van der Waals surface area contributed by atoms with Gasteiger partial charge in [-0.1, -0.05) is 0 Å². The second kappa shape index (κ2) is 5.09. The fourth-order valence-corrected chi connectivity index (χ4v) is 3.71. The topological polar surface area (TPSA) is 91.1 Å². The molecule has 3 rings (SSSR count). The summed E-state index contributed by atoms with van der Waals surface area (Å²) in [6.45, 7) is 5.34. The number of morpholine rings is 1. The van der Waals surface area contributed by atoms with E-state index in [0.29, 0.717) is 0 Å². The van der Waals surface area contributed by atoms with Gasteiger partial charge in [0.2, 0.25) is 0 Å². The quantitative estimate of drug-likeness (QED) is 0.410. The van der Waals surface area contributed by atoms with Gasteiger partial charge in [0, 0.05) is 0 Å². The molecular weight excluding hydrogens is 306 g/mol. The molecule has 0 N–H and O–H groups in total. The standard InChI is InChI=1S/C15H21NO7/c1-15(2,3)23-14(19)16-8-9(16)11-7(13(18)21-5)6(10(8)22-11)12(17)20-4/h6-11H,1-5H3/t6-,7-,8-,9+,10+,11-,16?/m1/s1. The van der Waals surface area contributed by atoms with E-state index in [-0.39, 0.29) is 12.1 Å². The normalized spacial score (nSPS) is 37.2. The Morgan fingerprint density at radius 3 is 1.70 bits per heavy atom. The maximum Gasteiger partial charge on any atom is 0.411 e. The fourth-order valence-electron chi connectivity index (χ4n) is 3.71. The van der Waals surface area contributed by atoms with Gasteiger partial charge in [0.05, 0.1) is 38.5 Å². The Kier molecular flexibility index (Phi) is 3.55. The van der Waals surface area contributed by atoms with E-state index in [1.54, 1.807) is 25.7 Å². The number of nitrogens with zero attached hydrogens (tertiary/aromatic N) is 1. The Morgan fingerprint density at radius 2 is 1.35 bits per heavy atom. The van der Waals surface area contributed by atoms with Crippen molar-refractivity contribution in [1.29, 1.82) is 0 Å². The number of methoxy groups -OCH3 is 2. The number of rotatable bonds is 2. The van der Waals surface area contributed by atoms with E-state index in [9.17, 15) is 14.4 Å². The number of carbonyl (C=O) groups is 3. The third-order valence-electron chi connectivity index (χ3n) is 4.54. The van der Waals surface area contributed by atoms with Crippen molar-refractivity contribution in [2.75, 3.05) is 14.2 Å². The molecule has 3 saturated heterocycles. The van der Waals surface area contributed by atoms with Crippen LogP contribution in [-0.4, -0.2) is 67.0 Å². The largest absolute Gasteiger partial charge is 0.469 e. The second-order valence-corrected chi connectivity index (χ2v) is 7.03. The second-order valence-electron chi connectivity index (χ2n) is 7.03. The maximum absolute atomic E-state index is 12.3. The number of hydrogen-bond donors (Lipinski definition) is 0. The third kappa shape index (κ3) is 2.36. The minimum Gasteiger partial charge on any atom is -0.469 e. The van der Waals surface area contributed by atoms with Gasteiger partial charge >= 0.3 is 18.0 Å². The minimum absolute atomic E-state index is 0.250. The summed E-state index contributed by atoms with van der Waals surface area (Å²) < 4.78 is 20.7. The van der Waals surface area contributed by atoms with Crippen LogP contribution in [0.5, 0.6) is 0 Å². The first kappa shape index (κ1) is 16.0. The summed E-state index contributed by atoms with van der Waals surface area (Å²) in [4.78, 5) is 37.9. The highest BCUT2D eigenvalue weighted by molar-refractivity contribution is 5.86. The molecule has 2 bridgehead atoms. The lowest BCUT2D eigenvalue weighted by Crippen LogP contribution is -2.42. The molecule has 8 nitrogen and oxygen atoms in total. The van der Waals surface area contributed by atoms with Gasteiger partial charge < -0.3 is 18.9 Å². The van der Waals surface area contributed by atoms with Crippen molar-refractivity contribution >= 4 is 18.0 Å². The number of esters is 2. The van der Waals surface area contributed by atoms with E-state index >= 15 is 0 Å². The lowest BCUT2D eigenvalue weighted by molar-refractivity contribution is -0.157. The van der Waals surface area contributed by atoms with E-state index in [0.717, 1.165) is 0 Å². The van der Waals surface area contributed by atoms with Gasteiger partial charge in [-0.2, -0.15) is 0 Å². The van der Waals surface area contributed by atoms with Crippen LogP contribution < -0.4 is 0 Å². The SMILES string of the molecule is COC(=O)[C@H]1[C@H]2O[C@@H]([C@@H]1C(=O)OC)[C@H]1[C@@H]2N1C(=O)OC(C)(C)C. The zero-order chi connectivity index (χ0) is 17.1. The molecule has 3 aliphatic heterocycles. The van der Waals surface area contributed by atoms with Crippen LogP contribution in [0.4, 0.5) is 4.79 Å². The number of carbonyl (C=O) groups excluding carboxylic acids is 3. The van der Waals surface area contributed by atoms with Gasteiger partial charge in [0.15, 0.2) is 0 Å². The summed E-state index contributed by atoms with van der Waals surface area (Å²) in [6, 6.07) is -0.500. The van der Waals surface area contributed by atoms with E-state index < -0.39 is 47.7 Å². The molecule has 6 atom stereocenters. The van der Waals surface area contributed by atoms with Crippen LogP contribution in [0.3, 0.4) is 0 Å². The molecule has 0 spiro atoms. The number of amides is 1. The van der Waals surface area contributed by atoms with Crippen molar-refractivity contribution in [1.82, 2.24) is 4.90 Å². The lowest BCUT2D eigenvalue weighted by Gasteiger charge is -2.22. The van der Waals surface area contributed by atoms with Crippen molar-refractivity contribution in [2.24, 2.45) is 11.8 Å². The van der Waals surface area contributed by atoms with Gasteiger partial charge in [0.25, 0.3) is 0 Å². The van der Waals surface area contributed by atoms with Gasteiger partial charge in [-0.05, 0) is 20.8 Å². The smallest absolute Gasteiger partial charge is 0.411 e. The van der Waals surface area contributed by atoms with Crippen molar-refractivity contribution in [3.63, 3.8) is 0 Å². The van der Waals surface area contributed by atoms with Crippen molar-refractivity contribution in [3.8, 4) is 0 Å². The monoisotopic (exact) mass is 327 g/mol. The highest BCUT2D eigenvalue weighted by Crippen LogP contribution is 2.56. The first-order valence-electron chi connectivity index (χ1n) is 7.53. The summed E-state index contributed by atoms with van der Waals surface area (Å²) in [5.74, 6) is -2.57. The number of fused-ring (bicyclic) bond motifs is 5. The molecule has 3 aliphatic rings. The zero-order valence-corrected chi connectivity index (χ0v) is 13.8. The van der Waals surface area contributed by atoms with Crippen LogP contribution >= 0.6 is 0 Å². The summed E-state index contributed by atoms with van der Waals surface area (Å²) >= 11 is 0. The van der Waals surface area contributed by atoms with Crippen molar-refractivity contribution in [3.05, 3.63) is 0 Å². The van der Waals surface area contributed by atoms with Gasteiger partial charge in [0.1, 0.15) is 17.4 Å². The van der Waals surface area contributed by atoms with Gasteiger partial charge in [-0.15, -0.1) is 0 Å². The molecule has 0 aromatic heterocycles. The highest BCUT2D eigenvalue weighted by atomic mass is 16.6. The molecule has 23 heavy (non-hydrogen) atoms. The van der Waals surface area contributed by atoms with Crippen LogP contribution in [0, 0.1) is 11.8 Å². The Morgan fingerprint density at radius 1 is 0.913 bits per heavy atom. The van der Waals surface area contributed by atoms with Crippen molar-refractivity contribution in [2.45, 2.75) is 50.7 Å². The average Bonchev–Trinajstić information content (AvgIpc) is 2.97. The lowest BCUT2D eigenvalue weighted by atomic mass is 9.79. The Labute approximate surface area is 134 Å². The van der Waals surface area contributed by atoms with E-state index in [1.165, 1.54) is 14.2 Å². The number of hydrogen-bond acceptors (Lipinski definition) is 7. The molecule has 0 aliphatic carbocycles. The molecule has 0 saturated carbocycles. The molecule has 1 amide bonds. The predicted octanol–water partition coefficient (Wildman–Crippen LogP) is 0.334. The van der Waals surface area contributed by atoms with E-state index in [1.807, 2.05) is 0 Å². The molecule has 3 fully saturated rings. The van der Waals surface area contributed by atoms with Crippen LogP contribution in [0.15, 0.2) is 0 Å². The Balaban J connectivity index is 1.81. The molecule has 8 heteroatoms. The fraction of sp³-hybridized carbons (Fsp3) is 0.800. The average molecular weight is 327 g/mol. The molecule has 0 unspecified atom stereocenters. The van der Waals surface area contributed by atoms with E-state index in [4.69, 9.17) is 18.9 Å². The number of ether oxygens (including phenoxy) is 4. The third-order valence-corrected chi connectivity index (χ3v) is 4.54. The first-order chi connectivity index (χ1) is 10.7. The maximum atomic E-state index is 12.3. The van der Waals surface area contributed by atoms with Gasteiger partial charge in [-0.3, -0.25) is 14.5 Å². The van der Waals surface area contributed by atoms with E-state index in [2.05, 4.69) is 0 Å². The van der Waals surface area contributed by atoms with Crippen LogP contribution in [0.1, 0.15) is 20.8 Å². The van der Waals surface area contributed by atoms with Gasteiger partial charge in [-0.25, -0.2) is 4.79 Å². The predicted molar refractivity (Wildman–Crippen MR) is 75.3 cm³/mol. The zero-order valence-electron chi connectivity index (χ0n) is 13.8. The van der Waals surface area contributed by atoms with Crippen LogP contribution in [0.2, 0.25) is 0 Å². The summed E-state index contributed by atoms with van der Waals surface area (Å²) in [6.07, 6.45) is -1.58.